The van der Waals surface area contributed by atoms with E-state index >= 15 is 0 Å². The molecule has 0 atom stereocenters. The average molecular weight is 328 g/mol. The van der Waals surface area contributed by atoms with Crippen LogP contribution in [0.3, 0.4) is 0 Å². The van der Waals surface area contributed by atoms with Crippen molar-refractivity contribution in [3.05, 3.63) is 70.4 Å². The molecule has 3 nitrogen and oxygen atoms in total. The number of fused-ring (bicyclic) bond motifs is 1. The van der Waals surface area contributed by atoms with E-state index in [0.29, 0.717) is 12.1 Å². The molecule has 0 fully saturated rings. The highest BCUT2D eigenvalue weighted by atomic mass is 35.5. The normalized spacial score (nSPS) is 11.0. The van der Waals surface area contributed by atoms with Gasteiger partial charge in [-0.25, -0.2) is 4.79 Å². The summed E-state index contributed by atoms with van der Waals surface area (Å²) < 4.78 is 2.23. The maximum Gasteiger partial charge on any atom is 0.335 e. The van der Waals surface area contributed by atoms with Crippen LogP contribution >= 0.6 is 11.6 Å². The quantitative estimate of drug-likeness (QED) is 0.717. The summed E-state index contributed by atoms with van der Waals surface area (Å²) in [6, 6.07) is 15.1. The maximum atomic E-state index is 11.0. The summed E-state index contributed by atoms with van der Waals surface area (Å²) in [5, 5.41) is 10.9. The van der Waals surface area contributed by atoms with E-state index < -0.39 is 5.97 Å². The molecule has 0 aliphatic heterocycles. The number of carbonyl (C=O) groups is 1. The number of nitrogens with zero attached hydrogens (tertiary/aromatic N) is 1. The molecule has 0 bridgehead atoms. The second-order valence-electron chi connectivity index (χ2n) is 5.62. The molecule has 0 amide bonds. The first-order valence-electron chi connectivity index (χ1n) is 7.69. The summed E-state index contributed by atoms with van der Waals surface area (Å²) in [7, 11) is 0. The lowest BCUT2D eigenvalue weighted by Gasteiger charge is -2.11. The molecule has 2 aromatic carbocycles. The van der Waals surface area contributed by atoms with E-state index in [9.17, 15) is 4.79 Å². The van der Waals surface area contributed by atoms with Crippen molar-refractivity contribution in [2.75, 3.05) is 0 Å². The number of hydrogen-bond donors (Lipinski definition) is 1. The Bertz CT molecular complexity index is 850. The lowest BCUT2D eigenvalue weighted by Crippen LogP contribution is -2.05. The molecule has 0 radical (unpaired) electrons. The van der Waals surface area contributed by atoms with E-state index in [-0.39, 0.29) is 0 Å². The van der Waals surface area contributed by atoms with Gasteiger partial charge >= 0.3 is 5.97 Å². The molecule has 0 spiro atoms. The van der Waals surface area contributed by atoms with Gasteiger partial charge in [0.25, 0.3) is 0 Å². The van der Waals surface area contributed by atoms with Gasteiger partial charge in [0.2, 0.25) is 0 Å². The summed E-state index contributed by atoms with van der Waals surface area (Å²) in [5.41, 5.74) is 3.61. The van der Waals surface area contributed by atoms with Crippen LogP contribution in [0, 0.1) is 0 Å². The van der Waals surface area contributed by atoms with E-state index in [1.165, 1.54) is 0 Å². The second kappa shape index (κ2) is 6.47. The molecular weight excluding hydrogens is 310 g/mol. The van der Waals surface area contributed by atoms with Crippen LogP contribution < -0.4 is 0 Å². The van der Waals surface area contributed by atoms with E-state index in [0.717, 1.165) is 40.0 Å². The van der Waals surface area contributed by atoms with E-state index in [1.807, 2.05) is 30.3 Å². The number of benzene rings is 2. The molecule has 0 unspecified atom stereocenters. The minimum absolute atomic E-state index is 0.304. The first-order valence-corrected chi connectivity index (χ1v) is 8.07. The summed E-state index contributed by atoms with van der Waals surface area (Å²) in [6.07, 6.45) is 1.94. The van der Waals surface area contributed by atoms with Crippen molar-refractivity contribution in [1.82, 2.24) is 4.57 Å². The van der Waals surface area contributed by atoms with Gasteiger partial charge in [0.15, 0.2) is 0 Å². The van der Waals surface area contributed by atoms with Crippen molar-refractivity contribution < 1.29 is 9.90 Å². The Hall–Kier alpha value is -2.26. The minimum Gasteiger partial charge on any atom is -0.478 e. The van der Waals surface area contributed by atoms with E-state index in [2.05, 4.69) is 17.6 Å². The van der Waals surface area contributed by atoms with Gasteiger partial charge in [-0.3, -0.25) is 0 Å². The Balaban J connectivity index is 2.04. The van der Waals surface area contributed by atoms with Gasteiger partial charge in [0.05, 0.1) is 16.1 Å². The molecule has 118 valence electrons. The predicted molar refractivity (Wildman–Crippen MR) is 93.4 cm³/mol. The topological polar surface area (TPSA) is 42.2 Å². The Labute approximate surface area is 140 Å². The molecule has 23 heavy (non-hydrogen) atoms. The third-order valence-corrected chi connectivity index (χ3v) is 4.46. The van der Waals surface area contributed by atoms with Crippen LogP contribution in [0.5, 0.6) is 0 Å². The van der Waals surface area contributed by atoms with Crippen LogP contribution in [0.2, 0.25) is 5.02 Å². The molecule has 1 heterocycles. The SMILES string of the molecule is CCCc1c(Cl)c2ccccc2n1Cc1ccc(C(=O)O)cc1. The number of carboxylic acids is 1. The molecule has 0 saturated carbocycles. The number of hydrogen-bond acceptors (Lipinski definition) is 1. The molecule has 3 aromatic rings. The average Bonchev–Trinajstić information content (AvgIpc) is 2.82. The third kappa shape index (κ3) is 2.97. The van der Waals surface area contributed by atoms with Gasteiger partial charge in [-0.15, -0.1) is 0 Å². The van der Waals surface area contributed by atoms with Crippen molar-refractivity contribution in [3.63, 3.8) is 0 Å². The molecule has 1 N–H and O–H groups in total. The van der Waals surface area contributed by atoms with Gasteiger partial charge in [0.1, 0.15) is 0 Å². The Morgan fingerprint density at radius 3 is 2.48 bits per heavy atom. The van der Waals surface area contributed by atoms with Crippen molar-refractivity contribution >= 4 is 28.5 Å². The van der Waals surface area contributed by atoms with Crippen LogP contribution in [-0.4, -0.2) is 15.6 Å². The van der Waals surface area contributed by atoms with E-state index in [4.69, 9.17) is 16.7 Å². The van der Waals surface area contributed by atoms with Gasteiger partial charge in [0, 0.05) is 17.6 Å². The van der Waals surface area contributed by atoms with Crippen LogP contribution in [0.15, 0.2) is 48.5 Å². The molecule has 3 rings (SSSR count). The summed E-state index contributed by atoms with van der Waals surface area (Å²) >= 11 is 6.58. The number of aromatic nitrogens is 1. The third-order valence-electron chi connectivity index (χ3n) is 4.04. The van der Waals surface area contributed by atoms with Crippen LogP contribution in [0.4, 0.5) is 0 Å². The fraction of sp³-hybridized carbons (Fsp3) is 0.211. The number of aromatic carboxylic acids is 1. The standard InChI is InChI=1S/C19H18ClNO2/c1-2-5-17-18(20)15-6-3-4-7-16(15)21(17)12-13-8-10-14(11-9-13)19(22)23/h3-4,6-11H,2,5,12H2,1H3,(H,22,23). The predicted octanol–water partition coefficient (Wildman–Crippen LogP) is 4.99. The van der Waals surface area contributed by atoms with Gasteiger partial charge in [-0.05, 0) is 30.2 Å². The lowest BCUT2D eigenvalue weighted by molar-refractivity contribution is 0.0697. The zero-order valence-electron chi connectivity index (χ0n) is 12.9. The smallest absolute Gasteiger partial charge is 0.335 e. The molecular formula is C19H18ClNO2. The van der Waals surface area contributed by atoms with Gasteiger partial charge < -0.3 is 9.67 Å². The molecule has 4 heteroatoms. The maximum absolute atomic E-state index is 11.0. The monoisotopic (exact) mass is 327 g/mol. The summed E-state index contributed by atoms with van der Waals surface area (Å²) in [6.45, 7) is 2.82. The highest BCUT2D eigenvalue weighted by molar-refractivity contribution is 6.36. The number of para-hydroxylation sites is 1. The molecule has 0 aliphatic rings. The van der Waals surface area contributed by atoms with E-state index in [1.54, 1.807) is 12.1 Å². The highest BCUT2D eigenvalue weighted by Crippen LogP contribution is 2.32. The van der Waals surface area contributed by atoms with Crippen molar-refractivity contribution in [3.8, 4) is 0 Å². The first kappa shape index (κ1) is 15.6. The zero-order valence-corrected chi connectivity index (χ0v) is 13.7. The first-order chi connectivity index (χ1) is 11.1. The largest absolute Gasteiger partial charge is 0.478 e. The molecule has 1 aromatic heterocycles. The lowest BCUT2D eigenvalue weighted by atomic mass is 10.1. The van der Waals surface area contributed by atoms with Crippen LogP contribution in [-0.2, 0) is 13.0 Å². The summed E-state index contributed by atoms with van der Waals surface area (Å²) in [4.78, 5) is 11.0. The Kier molecular flexibility index (Phi) is 4.39. The van der Waals surface area contributed by atoms with Crippen LogP contribution in [0.1, 0.15) is 35.0 Å². The number of rotatable bonds is 5. The second-order valence-corrected chi connectivity index (χ2v) is 5.99. The number of carboxylic acid groups (broad SMARTS) is 1. The van der Waals surface area contributed by atoms with Gasteiger partial charge in [-0.2, -0.15) is 0 Å². The Morgan fingerprint density at radius 1 is 1.13 bits per heavy atom. The molecule has 0 aliphatic carbocycles. The van der Waals surface area contributed by atoms with Crippen molar-refractivity contribution in [2.24, 2.45) is 0 Å². The number of halogens is 1. The fourth-order valence-electron chi connectivity index (χ4n) is 2.91. The van der Waals surface area contributed by atoms with Crippen LogP contribution in [0.25, 0.3) is 10.9 Å². The summed E-state index contributed by atoms with van der Waals surface area (Å²) in [5.74, 6) is -0.905. The van der Waals surface area contributed by atoms with Crippen molar-refractivity contribution in [1.29, 1.82) is 0 Å². The Morgan fingerprint density at radius 2 is 1.83 bits per heavy atom. The van der Waals surface area contributed by atoms with Crippen molar-refractivity contribution in [2.45, 2.75) is 26.3 Å². The highest BCUT2D eigenvalue weighted by Gasteiger charge is 2.15. The minimum atomic E-state index is -0.905. The zero-order chi connectivity index (χ0) is 16.4. The fourth-order valence-corrected chi connectivity index (χ4v) is 3.27. The molecule has 0 saturated heterocycles. The van der Waals surface area contributed by atoms with Gasteiger partial charge in [-0.1, -0.05) is 55.3 Å².